The standard InChI is InChI=1S/C14H20N4O3.2ClH/c19-13(8-12-10-21-7-6-16-12)17-4-5-18-14(20)11-2-1-3-15-9-11;;/h1-3,9,12,16H,4-8,10H2,(H,17,19)(H,18,20);2*1H. The Morgan fingerprint density at radius 2 is 2.09 bits per heavy atom. The van der Waals surface area contributed by atoms with Crippen molar-refractivity contribution < 1.29 is 14.3 Å². The normalized spacial score (nSPS) is 16.4. The molecule has 3 N–H and O–H groups in total. The molecule has 2 amide bonds. The number of hydrogen-bond acceptors (Lipinski definition) is 5. The van der Waals surface area contributed by atoms with Crippen LogP contribution in [0.3, 0.4) is 0 Å². The lowest BCUT2D eigenvalue weighted by molar-refractivity contribution is -0.122. The number of nitrogens with one attached hydrogen (secondary N) is 3. The molecule has 0 bridgehead atoms. The van der Waals surface area contributed by atoms with E-state index in [1.807, 2.05) is 0 Å². The van der Waals surface area contributed by atoms with Crippen LogP contribution in [-0.4, -0.2) is 55.7 Å². The zero-order valence-electron chi connectivity index (χ0n) is 12.6. The zero-order chi connectivity index (χ0) is 14.9. The van der Waals surface area contributed by atoms with E-state index in [2.05, 4.69) is 20.9 Å². The second kappa shape index (κ2) is 12.1. The number of rotatable bonds is 6. The topological polar surface area (TPSA) is 92.4 Å². The molecular weight excluding hydrogens is 343 g/mol. The van der Waals surface area contributed by atoms with E-state index in [0.717, 1.165) is 6.54 Å². The van der Waals surface area contributed by atoms with Gasteiger partial charge >= 0.3 is 0 Å². The molecule has 1 saturated heterocycles. The van der Waals surface area contributed by atoms with E-state index in [1.165, 1.54) is 6.20 Å². The Labute approximate surface area is 147 Å². The number of hydrogen-bond donors (Lipinski definition) is 3. The average molecular weight is 365 g/mol. The maximum atomic E-state index is 11.7. The van der Waals surface area contributed by atoms with Crippen LogP contribution in [0.25, 0.3) is 0 Å². The van der Waals surface area contributed by atoms with Crippen molar-refractivity contribution in [1.82, 2.24) is 20.9 Å². The third-order valence-electron chi connectivity index (χ3n) is 3.09. The fourth-order valence-corrected chi connectivity index (χ4v) is 2.02. The Balaban J connectivity index is 0.00000242. The Kier molecular flexibility index (Phi) is 11.3. The summed E-state index contributed by atoms with van der Waals surface area (Å²) in [5, 5.41) is 8.71. The third kappa shape index (κ3) is 8.13. The highest BCUT2D eigenvalue weighted by Gasteiger charge is 2.16. The summed E-state index contributed by atoms with van der Waals surface area (Å²) in [6, 6.07) is 3.47. The Bertz CT molecular complexity index is 470. The van der Waals surface area contributed by atoms with Crippen LogP contribution in [0.15, 0.2) is 24.5 Å². The molecule has 9 heteroatoms. The fraction of sp³-hybridized carbons (Fsp3) is 0.500. The van der Waals surface area contributed by atoms with Gasteiger partial charge in [-0.1, -0.05) is 0 Å². The van der Waals surface area contributed by atoms with Gasteiger partial charge in [-0.3, -0.25) is 14.6 Å². The number of nitrogens with zero attached hydrogens (tertiary/aromatic N) is 1. The molecule has 1 aliphatic heterocycles. The summed E-state index contributed by atoms with van der Waals surface area (Å²) in [5.41, 5.74) is 0.507. The van der Waals surface area contributed by atoms with Crippen LogP contribution < -0.4 is 16.0 Å². The first-order chi connectivity index (χ1) is 10.3. The minimum Gasteiger partial charge on any atom is -0.378 e. The second-order valence-corrected chi connectivity index (χ2v) is 4.78. The number of aromatic nitrogens is 1. The minimum atomic E-state index is -0.195. The lowest BCUT2D eigenvalue weighted by Crippen LogP contribution is -2.45. The quantitative estimate of drug-likeness (QED) is 0.625. The molecule has 7 nitrogen and oxygen atoms in total. The summed E-state index contributed by atoms with van der Waals surface area (Å²) in [7, 11) is 0. The number of carbonyl (C=O) groups is 2. The van der Waals surface area contributed by atoms with Gasteiger partial charge in [0.1, 0.15) is 0 Å². The summed E-state index contributed by atoms with van der Waals surface area (Å²) < 4.78 is 5.28. The van der Waals surface area contributed by atoms with Crippen molar-refractivity contribution in [3.63, 3.8) is 0 Å². The van der Waals surface area contributed by atoms with Gasteiger partial charge in [0.15, 0.2) is 0 Å². The molecule has 0 spiro atoms. The van der Waals surface area contributed by atoms with E-state index in [4.69, 9.17) is 4.74 Å². The molecule has 23 heavy (non-hydrogen) atoms. The van der Waals surface area contributed by atoms with Crippen LogP contribution in [0.2, 0.25) is 0 Å². The van der Waals surface area contributed by atoms with Gasteiger partial charge in [0, 0.05) is 44.5 Å². The van der Waals surface area contributed by atoms with E-state index < -0.39 is 0 Å². The van der Waals surface area contributed by atoms with Crippen LogP contribution in [0, 0.1) is 0 Å². The number of carbonyl (C=O) groups excluding carboxylic acids is 2. The number of amides is 2. The molecule has 0 radical (unpaired) electrons. The lowest BCUT2D eigenvalue weighted by atomic mass is 10.2. The molecule has 0 saturated carbocycles. The monoisotopic (exact) mass is 364 g/mol. The third-order valence-corrected chi connectivity index (χ3v) is 3.09. The van der Waals surface area contributed by atoms with Gasteiger partial charge in [0.05, 0.1) is 18.8 Å². The van der Waals surface area contributed by atoms with Crippen molar-refractivity contribution in [3.8, 4) is 0 Å². The Hall–Kier alpha value is -1.41. The number of morpholine rings is 1. The van der Waals surface area contributed by atoms with Crippen LogP contribution in [0.4, 0.5) is 0 Å². The highest BCUT2D eigenvalue weighted by molar-refractivity contribution is 5.93. The molecule has 2 rings (SSSR count). The van der Waals surface area contributed by atoms with Crippen LogP contribution >= 0.6 is 24.8 Å². The number of pyridine rings is 1. The molecule has 1 aromatic rings. The summed E-state index contributed by atoms with van der Waals surface area (Å²) in [4.78, 5) is 27.3. The van der Waals surface area contributed by atoms with Crippen molar-refractivity contribution in [1.29, 1.82) is 0 Å². The van der Waals surface area contributed by atoms with Gasteiger partial charge in [-0.05, 0) is 12.1 Å². The Morgan fingerprint density at radius 3 is 2.74 bits per heavy atom. The van der Waals surface area contributed by atoms with Gasteiger partial charge in [-0.25, -0.2) is 0 Å². The molecule has 2 heterocycles. The summed E-state index contributed by atoms with van der Waals surface area (Å²) >= 11 is 0. The maximum Gasteiger partial charge on any atom is 0.252 e. The first-order valence-corrected chi connectivity index (χ1v) is 7.02. The average Bonchev–Trinajstić information content (AvgIpc) is 2.53. The van der Waals surface area contributed by atoms with E-state index in [1.54, 1.807) is 18.3 Å². The van der Waals surface area contributed by atoms with E-state index in [-0.39, 0.29) is 42.7 Å². The molecular formula is C14H22Cl2N4O3. The van der Waals surface area contributed by atoms with E-state index >= 15 is 0 Å². The molecule has 1 aliphatic rings. The Morgan fingerprint density at radius 1 is 1.30 bits per heavy atom. The minimum absolute atomic E-state index is 0. The van der Waals surface area contributed by atoms with Crippen molar-refractivity contribution >= 4 is 36.6 Å². The van der Waals surface area contributed by atoms with Gasteiger partial charge in [0.2, 0.25) is 5.91 Å². The summed E-state index contributed by atoms with van der Waals surface area (Å²) in [5.74, 6) is -0.242. The van der Waals surface area contributed by atoms with Crippen molar-refractivity contribution in [2.45, 2.75) is 12.5 Å². The summed E-state index contributed by atoms with van der Waals surface area (Å²) in [6.07, 6.45) is 3.50. The first-order valence-electron chi connectivity index (χ1n) is 7.02. The molecule has 1 atom stereocenters. The number of halogens is 2. The first kappa shape index (κ1) is 21.6. The van der Waals surface area contributed by atoms with Gasteiger partial charge in [-0.2, -0.15) is 0 Å². The smallest absolute Gasteiger partial charge is 0.252 e. The number of ether oxygens (including phenoxy) is 1. The molecule has 1 unspecified atom stereocenters. The molecule has 0 aromatic carbocycles. The molecule has 1 aromatic heterocycles. The fourth-order valence-electron chi connectivity index (χ4n) is 2.02. The van der Waals surface area contributed by atoms with Crippen LogP contribution in [-0.2, 0) is 9.53 Å². The van der Waals surface area contributed by atoms with Gasteiger partial charge in [-0.15, -0.1) is 24.8 Å². The van der Waals surface area contributed by atoms with Gasteiger partial charge in [0.25, 0.3) is 5.91 Å². The van der Waals surface area contributed by atoms with Crippen molar-refractivity contribution in [2.24, 2.45) is 0 Å². The summed E-state index contributed by atoms with van der Waals surface area (Å²) in [6.45, 7) is 2.81. The van der Waals surface area contributed by atoms with Gasteiger partial charge < -0.3 is 20.7 Å². The molecule has 1 fully saturated rings. The zero-order valence-corrected chi connectivity index (χ0v) is 14.3. The molecule has 130 valence electrons. The predicted octanol–water partition coefficient (Wildman–Crippen LogP) is 0.150. The maximum absolute atomic E-state index is 11.7. The van der Waals surface area contributed by atoms with Crippen molar-refractivity contribution in [2.75, 3.05) is 32.8 Å². The highest BCUT2D eigenvalue weighted by atomic mass is 35.5. The van der Waals surface area contributed by atoms with E-state index in [9.17, 15) is 9.59 Å². The predicted molar refractivity (Wildman–Crippen MR) is 91.3 cm³/mol. The van der Waals surface area contributed by atoms with Crippen LogP contribution in [0.5, 0.6) is 0 Å². The van der Waals surface area contributed by atoms with Crippen LogP contribution in [0.1, 0.15) is 16.8 Å². The van der Waals surface area contributed by atoms with E-state index in [0.29, 0.717) is 38.3 Å². The molecule has 0 aliphatic carbocycles. The SMILES string of the molecule is Cl.Cl.O=C(CC1COCCN1)NCCNC(=O)c1cccnc1. The van der Waals surface area contributed by atoms with Crippen molar-refractivity contribution in [3.05, 3.63) is 30.1 Å². The second-order valence-electron chi connectivity index (χ2n) is 4.78. The lowest BCUT2D eigenvalue weighted by Gasteiger charge is -2.23. The highest BCUT2D eigenvalue weighted by Crippen LogP contribution is 1.98. The largest absolute Gasteiger partial charge is 0.378 e.